The average Bonchev–Trinajstić information content (AvgIpc) is 3.01. The second-order valence-electron chi connectivity index (χ2n) is 6.03. The number of fused-ring (bicyclic) bond motifs is 1. The molecule has 0 aliphatic carbocycles. The lowest BCUT2D eigenvalue weighted by atomic mass is 9.97. The predicted molar refractivity (Wildman–Crippen MR) is 84.2 cm³/mol. The first-order valence-electron chi connectivity index (χ1n) is 7.85. The van der Waals surface area contributed by atoms with Crippen molar-refractivity contribution in [2.45, 2.75) is 32.2 Å². The van der Waals surface area contributed by atoms with Gasteiger partial charge in [-0.1, -0.05) is 0 Å². The Kier molecular flexibility index (Phi) is 4.51. The lowest BCUT2D eigenvalue weighted by molar-refractivity contribution is -0.130. The van der Waals surface area contributed by atoms with Crippen LogP contribution in [0, 0.1) is 5.92 Å². The minimum Gasteiger partial charge on any atom is -0.345 e. The molecule has 3 rings (SSSR count). The molecule has 0 spiro atoms. The van der Waals surface area contributed by atoms with Gasteiger partial charge >= 0.3 is 0 Å². The Balaban J connectivity index is 1.47. The van der Waals surface area contributed by atoms with E-state index < -0.39 is 0 Å². The number of hydrogen-bond acceptors (Lipinski definition) is 3. The van der Waals surface area contributed by atoms with Crippen LogP contribution >= 0.6 is 0 Å². The van der Waals surface area contributed by atoms with Crippen molar-refractivity contribution in [3.8, 4) is 0 Å². The third-order valence-corrected chi connectivity index (χ3v) is 4.39. The Morgan fingerprint density at radius 1 is 1.36 bits per heavy atom. The lowest BCUT2D eigenvalue weighted by Gasteiger charge is -2.28. The summed E-state index contributed by atoms with van der Waals surface area (Å²) < 4.78 is 2.21. The highest BCUT2D eigenvalue weighted by atomic mass is 16.2. The monoisotopic (exact) mass is 298 g/mol. The number of carbonyl (C=O) groups excluding carboxylic acids is 1. The first kappa shape index (κ1) is 14.8. The molecule has 3 heterocycles. The summed E-state index contributed by atoms with van der Waals surface area (Å²) >= 11 is 0. The molecule has 0 saturated carbocycles. The molecule has 0 radical (unpaired) electrons. The van der Waals surface area contributed by atoms with E-state index in [1.165, 1.54) is 0 Å². The van der Waals surface area contributed by atoms with Crippen molar-refractivity contribution in [2.75, 3.05) is 13.6 Å². The molecule has 0 unspecified atom stereocenters. The molecule has 0 bridgehead atoms. The second kappa shape index (κ2) is 6.73. The SMILES string of the molecule is CN(C[C@@H]1CCn2ccnc2C1)C(=O)CCc1ccncc1. The van der Waals surface area contributed by atoms with Gasteiger partial charge in [-0.05, 0) is 36.5 Å². The van der Waals surface area contributed by atoms with E-state index in [4.69, 9.17) is 0 Å². The molecule has 2 aromatic rings. The topological polar surface area (TPSA) is 51.0 Å². The number of rotatable bonds is 5. The fourth-order valence-corrected chi connectivity index (χ4v) is 3.05. The summed E-state index contributed by atoms with van der Waals surface area (Å²) in [5.74, 6) is 1.88. The molecule has 1 atom stereocenters. The van der Waals surface area contributed by atoms with Crippen molar-refractivity contribution < 1.29 is 4.79 Å². The van der Waals surface area contributed by atoms with E-state index in [1.807, 2.05) is 36.5 Å². The Morgan fingerprint density at radius 3 is 3.00 bits per heavy atom. The van der Waals surface area contributed by atoms with Gasteiger partial charge in [0.25, 0.3) is 0 Å². The Hall–Kier alpha value is -2.17. The summed E-state index contributed by atoms with van der Waals surface area (Å²) in [4.78, 5) is 22.5. The number of nitrogens with zero attached hydrogens (tertiary/aromatic N) is 4. The van der Waals surface area contributed by atoms with Crippen molar-refractivity contribution >= 4 is 5.91 Å². The highest BCUT2D eigenvalue weighted by Gasteiger charge is 2.22. The van der Waals surface area contributed by atoms with Crippen LogP contribution in [0.1, 0.15) is 24.2 Å². The average molecular weight is 298 g/mol. The van der Waals surface area contributed by atoms with E-state index in [-0.39, 0.29) is 5.91 Å². The summed E-state index contributed by atoms with van der Waals surface area (Å²) in [6.07, 6.45) is 10.9. The van der Waals surface area contributed by atoms with E-state index in [9.17, 15) is 4.79 Å². The van der Waals surface area contributed by atoms with Crippen LogP contribution < -0.4 is 0 Å². The zero-order valence-electron chi connectivity index (χ0n) is 13.0. The summed E-state index contributed by atoms with van der Waals surface area (Å²) in [6, 6.07) is 3.93. The minimum absolute atomic E-state index is 0.214. The standard InChI is InChI=1S/C17H22N4O/c1-20(17(22)3-2-14-4-7-18-8-5-14)13-15-6-10-21-11-9-19-16(21)12-15/h4-5,7-9,11,15H,2-3,6,10,12-13H2,1H3/t15-/m1/s1. The molecule has 0 aromatic carbocycles. The molecule has 22 heavy (non-hydrogen) atoms. The maximum atomic E-state index is 12.3. The molecule has 5 nitrogen and oxygen atoms in total. The molecule has 0 N–H and O–H groups in total. The summed E-state index contributed by atoms with van der Waals surface area (Å²) in [5.41, 5.74) is 1.16. The Morgan fingerprint density at radius 2 is 2.18 bits per heavy atom. The van der Waals surface area contributed by atoms with E-state index in [0.29, 0.717) is 12.3 Å². The molecule has 116 valence electrons. The highest BCUT2D eigenvalue weighted by Crippen LogP contribution is 2.20. The zero-order valence-corrected chi connectivity index (χ0v) is 13.0. The minimum atomic E-state index is 0.214. The quantitative estimate of drug-likeness (QED) is 0.847. The zero-order chi connectivity index (χ0) is 15.4. The summed E-state index contributed by atoms with van der Waals surface area (Å²) in [6.45, 7) is 1.83. The molecule has 5 heteroatoms. The number of imidazole rings is 1. The Labute approximate surface area is 131 Å². The molecular formula is C17H22N4O. The van der Waals surface area contributed by atoms with Crippen LogP contribution in [-0.4, -0.2) is 38.9 Å². The maximum Gasteiger partial charge on any atom is 0.222 e. The van der Waals surface area contributed by atoms with Crippen LogP contribution in [0.25, 0.3) is 0 Å². The number of carbonyl (C=O) groups is 1. The first-order valence-corrected chi connectivity index (χ1v) is 7.85. The smallest absolute Gasteiger partial charge is 0.222 e. The summed E-state index contributed by atoms with van der Waals surface area (Å²) in [7, 11) is 1.91. The van der Waals surface area contributed by atoms with Crippen molar-refractivity contribution in [2.24, 2.45) is 5.92 Å². The number of hydrogen-bond donors (Lipinski definition) is 0. The van der Waals surface area contributed by atoms with E-state index in [0.717, 1.165) is 43.7 Å². The molecule has 1 aliphatic rings. The number of aromatic nitrogens is 3. The van der Waals surface area contributed by atoms with E-state index in [2.05, 4.69) is 14.5 Å². The summed E-state index contributed by atoms with van der Waals surface area (Å²) in [5, 5.41) is 0. The fourth-order valence-electron chi connectivity index (χ4n) is 3.05. The molecule has 2 aromatic heterocycles. The van der Waals surface area contributed by atoms with Gasteiger partial charge in [0, 0.05) is 57.8 Å². The third-order valence-electron chi connectivity index (χ3n) is 4.39. The molecule has 1 amide bonds. The second-order valence-corrected chi connectivity index (χ2v) is 6.03. The predicted octanol–water partition coefficient (Wildman–Crippen LogP) is 1.93. The number of pyridine rings is 1. The van der Waals surface area contributed by atoms with E-state index in [1.54, 1.807) is 12.4 Å². The van der Waals surface area contributed by atoms with Gasteiger partial charge in [-0.3, -0.25) is 9.78 Å². The van der Waals surface area contributed by atoms with Crippen LogP contribution in [0.3, 0.4) is 0 Å². The van der Waals surface area contributed by atoms with Gasteiger partial charge in [0.05, 0.1) is 0 Å². The van der Waals surface area contributed by atoms with Gasteiger partial charge < -0.3 is 9.47 Å². The third kappa shape index (κ3) is 3.53. The van der Waals surface area contributed by atoms with Gasteiger partial charge in [0.1, 0.15) is 5.82 Å². The van der Waals surface area contributed by atoms with Crippen molar-refractivity contribution in [1.29, 1.82) is 0 Å². The number of aryl methyl sites for hydroxylation is 2. The largest absolute Gasteiger partial charge is 0.345 e. The van der Waals surface area contributed by atoms with E-state index >= 15 is 0 Å². The van der Waals surface area contributed by atoms with Crippen LogP contribution in [0.4, 0.5) is 0 Å². The van der Waals surface area contributed by atoms with Crippen molar-refractivity contribution in [1.82, 2.24) is 19.4 Å². The molecule has 1 aliphatic heterocycles. The van der Waals surface area contributed by atoms with Crippen LogP contribution in [0.2, 0.25) is 0 Å². The molecule has 0 saturated heterocycles. The normalized spacial score (nSPS) is 17.0. The van der Waals surface area contributed by atoms with Gasteiger partial charge in [0.2, 0.25) is 5.91 Å². The van der Waals surface area contributed by atoms with Crippen LogP contribution in [-0.2, 0) is 24.2 Å². The fraction of sp³-hybridized carbons (Fsp3) is 0.471. The van der Waals surface area contributed by atoms with Crippen LogP contribution in [0.5, 0.6) is 0 Å². The Bertz CT molecular complexity index is 623. The van der Waals surface area contributed by atoms with Crippen molar-refractivity contribution in [3.05, 3.63) is 48.3 Å². The lowest BCUT2D eigenvalue weighted by Crippen LogP contribution is -2.35. The maximum absolute atomic E-state index is 12.3. The van der Waals surface area contributed by atoms with Gasteiger partial charge in [-0.25, -0.2) is 4.98 Å². The van der Waals surface area contributed by atoms with Crippen molar-refractivity contribution in [3.63, 3.8) is 0 Å². The highest BCUT2D eigenvalue weighted by molar-refractivity contribution is 5.76. The number of amides is 1. The van der Waals surface area contributed by atoms with Gasteiger partial charge in [-0.15, -0.1) is 0 Å². The first-order chi connectivity index (χ1) is 10.7. The van der Waals surface area contributed by atoms with Gasteiger partial charge in [0.15, 0.2) is 0 Å². The molecular weight excluding hydrogens is 276 g/mol. The van der Waals surface area contributed by atoms with Crippen LogP contribution in [0.15, 0.2) is 36.9 Å². The van der Waals surface area contributed by atoms with Gasteiger partial charge in [-0.2, -0.15) is 0 Å². The molecule has 0 fully saturated rings.